The van der Waals surface area contributed by atoms with Gasteiger partial charge in [0.15, 0.2) is 18.0 Å². The minimum atomic E-state index is -4.16. The van der Waals surface area contributed by atoms with Crippen LogP contribution in [0.1, 0.15) is 19.3 Å². The zero-order chi connectivity index (χ0) is 21.1. The Morgan fingerprint density at radius 1 is 1.20 bits per heavy atom. The Balaban J connectivity index is 1.37. The van der Waals surface area contributed by atoms with Crippen molar-refractivity contribution in [3.8, 4) is 11.3 Å². The molecule has 2 aromatic heterocycles. The van der Waals surface area contributed by atoms with E-state index in [4.69, 9.17) is 4.42 Å². The summed E-state index contributed by atoms with van der Waals surface area (Å²) in [6, 6.07) is 7.27. The predicted molar refractivity (Wildman–Crippen MR) is 104 cm³/mol. The molecule has 3 aromatic rings. The number of likely N-dealkylation sites (tertiary alicyclic amines) is 1. The van der Waals surface area contributed by atoms with Gasteiger partial charge in [-0.25, -0.2) is 4.98 Å². The van der Waals surface area contributed by atoms with Crippen LogP contribution in [0.15, 0.2) is 41.3 Å². The molecule has 30 heavy (non-hydrogen) atoms. The van der Waals surface area contributed by atoms with E-state index in [0.717, 1.165) is 10.9 Å². The number of anilines is 1. The van der Waals surface area contributed by atoms with Gasteiger partial charge in [-0.1, -0.05) is 0 Å². The first-order chi connectivity index (χ1) is 14.4. The Labute approximate surface area is 170 Å². The van der Waals surface area contributed by atoms with Crippen molar-refractivity contribution >= 4 is 22.6 Å². The van der Waals surface area contributed by atoms with Gasteiger partial charge in [-0.15, -0.1) is 10.2 Å². The Bertz CT molecular complexity index is 1010. The second kappa shape index (κ2) is 8.39. The van der Waals surface area contributed by atoms with E-state index >= 15 is 0 Å². The number of amides is 1. The van der Waals surface area contributed by atoms with Crippen molar-refractivity contribution in [2.24, 2.45) is 5.92 Å². The molecule has 0 radical (unpaired) electrons. The molecule has 0 unspecified atom stereocenters. The standard InChI is InChI=1S/C20H20F3N5O2/c21-20(22,23)5-8-28-6-3-13(4-7-28)19(29)25-18-10-15-9-14(17-11-24-12-30-17)1-2-16(15)26-27-18/h1-2,9-13H,3-8H2,(H,25,27,29). The Morgan fingerprint density at radius 2 is 2.00 bits per heavy atom. The molecular formula is C20H20F3N5O2. The number of hydrogen-bond acceptors (Lipinski definition) is 6. The predicted octanol–water partition coefficient (Wildman–Crippen LogP) is 3.89. The first kappa shape index (κ1) is 20.3. The van der Waals surface area contributed by atoms with Crippen LogP contribution in [0.5, 0.6) is 0 Å². The molecule has 1 fully saturated rings. The van der Waals surface area contributed by atoms with E-state index in [9.17, 15) is 18.0 Å². The minimum Gasteiger partial charge on any atom is -0.444 e. The van der Waals surface area contributed by atoms with E-state index in [1.54, 1.807) is 17.2 Å². The van der Waals surface area contributed by atoms with Crippen molar-refractivity contribution in [3.05, 3.63) is 36.9 Å². The summed E-state index contributed by atoms with van der Waals surface area (Å²) in [6.07, 6.45) is -0.993. The number of piperidine rings is 1. The molecule has 4 rings (SSSR count). The van der Waals surface area contributed by atoms with Crippen molar-refractivity contribution in [2.45, 2.75) is 25.4 Å². The van der Waals surface area contributed by atoms with Crippen LogP contribution in [0.2, 0.25) is 0 Å². The Kier molecular flexibility index (Phi) is 5.67. The maximum atomic E-state index is 12.6. The van der Waals surface area contributed by atoms with Crippen LogP contribution in [0.4, 0.5) is 19.0 Å². The lowest BCUT2D eigenvalue weighted by molar-refractivity contribution is -0.139. The summed E-state index contributed by atoms with van der Waals surface area (Å²) in [6.45, 7) is 0.914. The molecule has 0 saturated carbocycles. The number of halogens is 3. The highest BCUT2D eigenvalue weighted by molar-refractivity contribution is 5.94. The quantitative estimate of drug-likeness (QED) is 0.676. The molecule has 7 nitrogen and oxygen atoms in total. The van der Waals surface area contributed by atoms with Crippen molar-refractivity contribution < 1.29 is 22.4 Å². The van der Waals surface area contributed by atoms with Gasteiger partial charge in [0.05, 0.1) is 18.1 Å². The second-order valence-corrected chi connectivity index (χ2v) is 7.34. The van der Waals surface area contributed by atoms with Crippen LogP contribution in [0.25, 0.3) is 22.2 Å². The zero-order valence-electron chi connectivity index (χ0n) is 16.0. The van der Waals surface area contributed by atoms with Crippen LogP contribution in [0, 0.1) is 5.92 Å². The number of carbonyl (C=O) groups is 1. The summed E-state index contributed by atoms with van der Waals surface area (Å²) in [5, 5.41) is 11.8. The largest absolute Gasteiger partial charge is 0.444 e. The smallest absolute Gasteiger partial charge is 0.390 e. The first-order valence-corrected chi connectivity index (χ1v) is 9.64. The van der Waals surface area contributed by atoms with Gasteiger partial charge in [0.2, 0.25) is 5.91 Å². The third-order valence-corrected chi connectivity index (χ3v) is 5.22. The molecule has 0 bridgehead atoms. The summed E-state index contributed by atoms with van der Waals surface area (Å²) < 4.78 is 42.4. The lowest BCUT2D eigenvalue weighted by Gasteiger charge is -2.31. The molecule has 1 amide bonds. The molecule has 0 atom stereocenters. The normalized spacial score (nSPS) is 16.1. The highest BCUT2D eigenvalue weighted by Crippen LogP contribution is 2.26. The summed E-state index contributed by atoms with van der Waals surface area (Å²) in [7, 11) is 0. The number of nitrogens with one attached hydrogen (secondary N) is 1. The number of nitrogens with zero attached hydrogens (tertiary/aromatic N) is 4. The lowest BCUT2D eigenvalue weighted by Crippen LogP contribution is -2.39. The van der Waals surface area contributed by atoms with E-state index in [1.807, 2.05) is 18.2 Å². The number of fused-ring (bicyclic) bond motifs is 1. The van der Waals surface area contributed by atoms with Gasteiger partial charge in [-0.2, -0.15) is 13.2 Å². The number of benzene rings is 1. The van der Waals surface area contributed by atoms with Crippen LogP contribution >= 0.6 is 0 Å². The number of hydrogen-bond donors (Lipinski definition) is 1. The maximum absolute atomic E-state index is 12.6. The van der Waals surface area contributed by atoms with Crippen LogP contribution in [0.3, 0.4) is 0 Å². The van der Waals surface area contributed by atoms with Crippen LogP contribution < -0.4 is 5.32 Å². The van der Waals surface area contributed by atoms with Gasteiger partial charge in [0, 0.05) is 23.4 Å². The Morgan fingerprint density at radius 3 is 2.70 bits per heavy atom. The SMILES string of the molecule is O=C(Nc1cc2cc(-c3cnco3)ccc2nn1)C1CCN(CCC(F)(F)F)CC1. The van der Waals surface area contributed by atoms with Gasteiger partial charge in [-0.3, -0.25) is 4.79 Å². The van der Waals surface area contributed by atoms with E-state index in [0.29, 0.717) is 43.0 Å². The molecule has 1 aliphatic heterocycles. The fourth-order valence-corrected chi connectivity index (χ4v) is 3.55. The molecular weight excluding hydrogens is 399 g/mol. The maximum Gasteiger partial charge on any atom is 0.390 e. The van der Waals surface area contributed by atoms with E-state index in [-0.39, 0.29) is 18.4 Å². The Hall–Kier alpha value is -3.01. The molecule has 1 N–H and O–H groups in total. The highest BCUT2D eigenvalue weighted by Gasteiger charge is 2.30. The molecule has 10 heteroatoms. The third kappa shape index (κ3) is 4.93. The summed E-state index contributed by atoms with van der Waals surface area (Å²) in [5.41, 5.74) is 1.51. The number of aromatic nitrogens is 3. The van der Waals surface area contributed by atoms with Gasteiger partial charge < -0.3 is 14.6 Å². The monoisotopic (exact) mass is 419 g/mol. The molecule has 1 aliphatic rings. The molecule has 1 aromatic carbocycles. The first-order valence-electron chi connectivity index (χ1n) is 9.64. The molecule has 3 heterocycles. The van der Waals surface area contributed by atoms with Crippen molar-refractivity contribution in [1.82, 2.24) is 20.1 Å². The van der Waals surface area contributed by atoms with Crippen molar-refractivity contribution in [3.63, 3.8) is 0 Å². The highest BCUT2D eigenvalue weighted by atomic mass is 19.4. The number of alkyl halides is 3. The molecule has 158 valence electrons. The summed E-state index contributed by atoms with van der Waals surface area (Å²) in [4.78, 5) is 18.2. The van der Waals surface area contributed by atoms with Crippen molar-refractivity contribution in [2.75, 3.05) is 25.0 Å². The molecule has 0 aliphatic carbocycles. The zero-order valence-corrected chi connectivity index (χ0v) is 16.0. The number of carbonyl (C=O) groups excluding carboxylic acids is 1. The number of rotatable bonds is 5. The van der Waals surface area contributed by atoms with E-state index in [1.165, 1.54) is 6.39 Å². The van der Waals surface area contributed by atoms with Gasteiger partial charge >= 0.3 is 6.18 Å². The van der Waals surface area contributed by atoms with Gasteiger partial charge in [0.25, 0.3) is 0 Å². The second-order valence-electron chi connectivity index (χ2n) is 7.34. The molecule has 0 spiro atoms. The van der Waals surface area contributed by atoms with Crippen LogP contribution in [-0.4, -0.2) is 51.8 Å². The van der Waals surface area contributed by atoms with Crippen molar-refractivity contribution in [1.29, 1.82) is 0 Å². The fourth-order valence-electron chi connectivity index (χ4n) is 3.55. The fraction of sp³-hybridized carbons (Fsp3) is 0.400. The topological polar surface area (TPSA) is 84.2 Å². The summed E-state index contributed by atoms with van der Waals surface area (Å²) in [5.74, 6) is 0.508. The lowest BCUT2D eigenvalue weighted by atomic mass is 9.96. The van der Waals surface area contributed by atoms with E-state index in [2.05, 4.69) is 20.5 Å². The summed E-state index contributed by atoms with van der Waals surface area (Å²) >= 11 is 0. The van der Waals surface area contributed by atoms with Gasteiger partial charge in [-0.05, 0) is 50.2 Å². The molecule has 1 saturated heterocycles. The third-order valence-electron chi connectivity index (χ3n) is 5.22. The van der Waals surface area contributed by atoms with E-state index < -0.39 is 12.6 Å². The van der Waals surface area contributed by atoms with Gasteiger partial charge in [0.1, 0.15) is 0 Å². The average Bonchev–Trinajstić information content (AvgIpc) is 3.26. The van der Waals surface area contributed by atoms with Crippen LogP contribution in [-0.2, 0) is 4.79 Å². The number of oxazole rings is 1. The average molecular weight is 419 g/mol. The minimum absolute atomic E-state index is 0.0263.